The van der Waals surface area contributed by atoms with Crippen LogP contribution in [0.2, 0.25) is 0 Å². The van der Waals surface area contributed by atoms with Gasteiger partial charge in [-0.15, -0.1) is 0 Å². The number of esters is 1. The number of aryl methyl sites for hydroxylation is 1. The van der Waals surface area contributed by atoms with Crippen LogP contribution < -0.4 is 15.5 Å². The number of amides is 2. The molecule has 12 heteroatoms. The highest BCUT2D eigenvalue weighted by Crippen LogP contribution is 2.22. The molecule has 0 spiro atoms. The average Bonchev–Trinajstić information content (AvgIpc) is 3.38. The van der Waals surface area contributed by atoms with Gasteiger partial charge in [0.2, 0.25) is 5.91 Å². The van der Waals surface area contributed by atoms with E-state index < -0.39 is 0 Å². The molecule has 4 rings (SSSR count). The van der Waals surface area contributed by atoms with Crippen LogP contribution in [0.3, 0.4) is 0 Å². The minimum atomic E-state index is -0.360. The summed E-state index contributed by atoms with van der Waals surface area (Å²) < 4.78 is 19.1. The van der Waals surface area contributed by atoms with Crippen molar-refractivity contribution in [3.63, 3.8) is 0 Å². The minimum Gasteiger partial charge on any atom is -0.466 e. The average molecular weight is 647 g/mol. The summed E-state index contributed by atoms with van der Waals surface area (Å²) in [7, 11) is 1.91. The summed E-state index contributed by atoms with van der Waals surface area (Å²) in [6.45, 7) is 2.63. The molecule has 0 radical (unpaired) electrons. The van der Waals surface area contributed by atoms with Gasteiger partial charge in [0.25, 0.3) is 5.91 Å². The Bertz CT molecular complexity index is 1640. The lowest BCUT2D eigenvalue weighted by Crippen LogP contribution is -2.33. The topological polar surface area (TPSA) is 129 Å². The molecule has 0 aliphatic carbocycles. The molecule has 0 saturated carbocycles. The Morgan fingerprint density at radius 3 is 2.43 bits per heavy atom. The number of carbonyl (C=O) groups is 3. The van der Waals surface area contributed by atoms with Gasteiger partial charge in [0.15, 0.2) is 0 Å². The van der Waals surface area contributed by atoms with E-state index in [2.05, 4.69) is 10.6 Å². The summed E-state index contributed by atoms with van der Waals surface area (Å²) >= 11 is 0.309. The molecule has 46 heavy (non-hydrogen) atoms. The fourth-order valence-electron chi connectivity index (χ4n) is 4.92. The van der Waals surface area contributed by atoms with Crippen LogP contribution in [0.25, 0.3) is 11.0 Å². The Hall–Kier alpha value is -4.71. The maximum absolute atomic E-state index is 13.7. The van der Waals surface area contributed by atoms with Gasteiger partial charge >= 0.3 is 5.97 Å². The summed E-state index contributed by atoms with van der Waals surface area (Å²) in [5.41, 5.74) is 4.08. The monoisotopic (exact) mass is 646 g/mol. The molecule has 0 fully saturated rings. The predicted molar refractivity (Wildman–Crippen MR) is 181 cm³/mol. The molecule has 4 aromatic rings. The number of aromatic nitrogens is 2. The molecule has 0 atom stereocenters. The Kier molecular flexibility index (Phi) is 12.7. The number of amidine groups is 1. The third kappa shape index (κ3) is 9.40. The van der Waals surface area contributed by atoms with Crippen molar-refractivity contribution >= 4 is 58.2 Å². The van der Waals surface area contributed by atoms with Crippen molar-refractivity contribution < 1.29 is 23.0 Å². The van der Waals surface area contributed by atoms with Crippen LogP contribution in [0.1, 0.15) is 60.8 Å². The van der Waals surface area contributed by atoms with Crippen molar-refractivity contribution in [2.45, 2.75) is 45.6 Å². The lowest BCUT2D eigenvalue weighted by atomic mass is 10.1. The molecule has 0 bridgehead atoms. The van der Waals surface area contributed by atoms with Gasteiger partial charge in [-0.05, 0) is 74.4 Å². The van der Waals surface area contributed by atoms with E-state index in [-0.39, 0.29) is 43.2 Å². The lowest BCUT2D eigenvalue weighted by Gasteiger charge is -2.22. The van der Waals surface area contributed by atoms with Gasteiger partial charge in [-0.3, -0.25) is 19.8 Å². The molecule has 0 aliphatic heterocycles. The molecule has 1 heterocycles. The van der Waals surface area contributed by atoms with Crippen molar-refractivity contribution in [2.75, 3.05) is 29.1 Å². The fourth-order valence-corrected chi connectivity index (χ4v) is 5.23. The number of nitrogens with one attached hydrogen (secondary N) is 3. The summed E-state index contributed by atoms with van der Waals surface area (Å²) in [6, 6.07) is 21.8. The first-order chi connectivity index (χ1) is 22.3. The zero-order valence-corrected chi connectivity index (χ0v) is 26.9. The first-order valence-electron chi connectivity index (χ1n) is 15.2. The number of ether oxygens (including phenoxy) is 1. The number of hydrogen-bond acceptors (Lipinski definition) is 8. The van der Waals surface area contributed by atoms with E-state index >= 15 is 0 Å². The number of rotatable bonds is 16. The Morgan fingerprint density at radius 1 is 0.978 bits per heavy atom. The Labute approximate surface area is 272 Å². The second-order valence-corrected chi connectivity index (χ2v) is 11.2. The van der Waals surface area contributed by atoms with E-state index in [4.69, 9.17) is 15.1 Å². The van der Waals surface area contributed by atoms with E-state index in [0.717, 1.165) is 29.9 Å². The SMILES string of the molecule is CCOC(=O)CCN(C(=O)c1ccc2c(c1)nc(CNc1ccc(C(=N)NC(=O)CCCCCSF)cc1)n2C)c1ccccc1. The number of anilines is 2. The molecule has 10 nitrogen and oxygen atoms in total. The molecule has 242 valence electrons. The lowest BCUT2D eigenvalue weighted by molar-refractivity contribution is -0.142. The molecule has 2 amide bonds. The zero-order valence-electron chi connectivity index (χ0n) is 26.1. The summed E-state index contributed by atoms with van der Waals surface area (Å²) in [5.74, 6) is 0.403. The predicted octanol–water partition coefficient (Wildman–Crippen LogP) is 6.41. The highest BCUT2D eigenvalue weighted by molar-refractivity contribution is 7.94. The standard InChI is InChI=1S/C34H39FN6O4S/c1-3-45-32(43)19-20-41(27-10-6-4-7-11-27)34(44)25-15-18-29-28(22-25)38-30(40(29)2)23-37-26-16-13-24(14-17-26)33(36)39-31(42)12-8-5-9-21-46-35/h4,6-7,10-11,13-18,22,37H,3,5,8-9,12,19-21,23H2,1-2H3,(H2,36,39,42). The molecule has 0 aliphatic rings. The number of hydrogen-bond donors (Lipinski definition) is 3. The second kappa shape index (κ2) is 17.1. The Balaban J connectivity index is 1.38. The van der Waals surface area contributed by atoms with Crippen LogP contribution in [0, 0.1) is 5.41 Å². The van der Waals surface area contributed by atoms with Gasteiger partial charge in [0, 0.05) is 60.4 Å². The van der Waals surface area contributed by atoms with E-state index in [1.807, 2.05) is 60.1 Å². The molecule has 3 aromatic carbocycles. The normalized spacial score (nSPS) is 10.8. The van der Waals surface area contributed by atoms with Crippen molar-refractivity contribution in [3.05, 3.63) is 89.7 Å². The van der Waals surface area contributed by atoms with Crippen molar-refractivity contribution in [1.29, 1.82) is 5.41 Å². The van der Waals surface area contributed by atoms with Crippen LogP contribution in [0.15, 0.2) is 72.8 Å². The smallest absolute Gasteiger partial charge is 0.307 e. The van der Waals surface area contributed by atoms with Gasteiger partial charge in [0.05, 0.1) is 30.6 Å². The minimum absolute atomic E-state index is 0.0308. The van der Waals surface area contributed by atoms with Gasteiger partial charge in [0.1, 0.15) is 11.7 Å². The van der Waals surface area contributed by atoms with Crippen LogP contribution in [-0.4, -0.2) is 52.1 Å². The number of unbranched alkanes of at least 4 members (excludes halogenated alkanes) is 2. The molecular weight excluding hydrogens is 607 g/mol. The quantitative estimate of drug-likeness (QED) is 0.0556. The van der Waals surface area contributed by atoms with Crippen molar-refractivity contribution in [2.24, 2.45) is 7.05 Å². The van der Waals surface area contributed by atoms with E-state index in [1.165, 1.54) is 0 Å². The van der Waals surface area contributed by atoms with E-state index in [9.17, 15) is 18.3 Å². The van der Waals surface area contributed by atoms with E-state index in [0.29, 0.717) is 59.6 Å². The highest BCUT2D eigenvalue weighted by Gasteiger charge is 2.21. The van der Waals surface area contributed by atoms with Crippen molar-refractivity contribution in [3.8, 4) is 0 Å². The van der Waals surface area contributed by atoms with E-state index in [1.54, 1.807) is 36.1 Å². The molecule has 0 unspecified atom stereocenters. The summed E-state index contributed by atoms with van der Waals surface area (Å²) in [4.78, 5) is 44.2. The maximum Gasteiger partial charge on any atom is 0.307 e. The van der Waals surface area contributed by atoms with Crippen LogP contribution >= 0.6 is 12.1 Å². The number of halogens is 1. The first kappa shape index (κ1) is 34.2. The molecule has 0 saturated heterocycles. The fraction of sp³-hybridized carbons (Fsp3) is 0.324. The Morgan fingerprint density at radius 2 is 1.72 bits per heavy atom. The number of benzene rings is 3. The zero-order chi connectivity index (χ0) is 32.9. The number of carbonyl (C=O) groups excluding carboxylic acids is 3. The van der Waals surface area contributed by atoms with Crippen LogP contribution in [0.4, 0.5) is 15.3 Å². The number of nitrogens with zero attached hydrogens (tertiary/aromatic N) is 3. The third-order valence-corrected chi connectivity index (χ3v) is 7.84. The van der Waals surface area contributed by atoms with Gasteiger partial charge < -0.3 is 24.8 Å². The largest absolute Gasteiger partial charge is 0.466 e. The van der Waals surface area contributed by atoms with Crippen molar-refractivity contribution in [1.82, 2.24) is 14.9 Å². The number of para-hydroxylation sites is 1. The second-order valence-electron chi connectivity index (χ2n) is 10.6. The first-order valence-corrected chi connectivity index (χ1v) is 16.1. The molecule has 1 aromatic heterocycles. The number of fused-ring (bicyclic) bond motifs is 1. The summed E-state index contributed by atoms with van der Waals surface area (Å²) in [5, 5.41) is 14.2. The molecular formula is C34H39FN6O4S. The molecule has 3 N–H and O–H groups in total. The van der Waals surface area contributed by atoms with Gasteiger partial charge in [-0.1, -0.05) is 24.6 Å². The maximum atomic E-state index is 13.7. The van der Waals surface area contributed by atoms with Gasteiger partial charge in [-0.25, -0.2) is 4.98 Å². The third-order valence-electron chi connectivity index (χ3n) is 7.39. The number of imidazole rings is 1. The summed E-state index contributed by atoms with van der Waals surface area (Å²) in [6.07, 6.45) is 2.53. The van der Waals surface area contributed by atoms with Gasteiger partial charge in [-0.2, -0.15) is 3.89 Å². The van der Waals surface area contributed by atoms with Crippen LogP contribution in [-0.2, 0) is 27.9 Å². The highest BCUT2D eigenvalue weighted by atomic mass is 32.2. The van der Waals surface area contributed by atoms with Crippen LogP contribution in [0.5, 0.6) is 0 Å².